The molecule has 1 saturated heterocycles. The van der Waals surface area contributed by atoms with Crippen LogP contribution in [0.4, 0.5) is 0 Å². The Morgan fingerprint density at radius 1 is 0.909 bits per heavy atom. The Morgan fingerprint density at radius 3 is 2.27 bits per heavy atom. The second-order valence-electron chi connectivity index (χ2n) is 13.9. The Balaban J connectivity index is 1.35. The van der Waals surface area contributed by atoms with Crippen molar-refractivity contribution in [1.82, 2.24) is 0 Å². The van der Waals surface area contributed by atoms with Gasteiger partial charge in [0.15, 0.2) is 14.8 Å². The Hall–Kier alpha value is -0.0900. The fourth-order valence-corrected chi connectivity index (χ4v) is 13.6. The van der Waals surface area contributed by atoms with Crippen LogP contribution in [0.5, 0.6) is 0 Å². The maximum Gasteiger partial charge on any atom is 0.189 e. The monoisotopic (exact) mass is 478 g/mol. The summed E-state index contributed by atoms with van der Waals surface area (Å²) in [6, 6.07) is 0. The second kappa shape index (κ2) is 7.95. The van der Waals surface area contributed by atoms with E-state index in [1.54, 1.807) is 0 Å². The highest BCUT2D eigenvalue weighted by Crippen LogP contribution is 2.74. The first-order valence-electron chi connectivity index (χ1n) is 14.4. The zero-order valence-corrected chi connectivity index (χ0v) is 23.0. The molecular formula is C29H50O3S. The van der Waals surface area contributed by atoms with Gasteiger partial charge in [-0.3, -0.25) is 0 Å². The molecule has 190 valence electrons. The molecule has 0 aromatic rings. The van der Waals surface area contributed by atoms with Crippen LogP contribution >= 0.6 is 0 Å². The summed E-state index contributed by atoms with van der Waals surface area (Å²) < 4.78 is 25.9. The van der Waals surface area contributed by atoms with Crippen LogP contribution in [0.3, 0.4) is 0 Å². The van der Waals surface area contributed by atoms with Crippen LogP contribution in [-0.4, -0.2) is 23.7 Å². The summed E-state index contributed by atoms with van der Waals surface area (Å²) in [5.41, 5.74) is -0.0171. The minimum absolute atomic E-state index is 0.388. The van der Waals surface area contributed by atoms with E-state index in [9.17, 15) is 13.5 Å². The van der Waals surface area contributed by atoms with Gasteiger partial charge in [-0.05, 0) is 111 Å². The summed E-state index contributed by atoms with van der Waals surface area (Å²) in [7, 11) is -3.35. The number of hydrogen-bond donors (Lipinski definition) is 1. The molecule has 3 nitrogen and oxygen atoms in total. The fourth-order valence-electron chi connectivity index (χ4n) is 10.8. The average molecular weight is 479 g/mol. The SMILES string of the molecule is CC[C@H](CC[C@@H](C)[C@H]1CC[C@H]2[C@H]3CCC4CCC5C(O)([C@]4(C)[C@H]3CC[C@]12C)S5(=O)=O)C(C)C. The number of rotatable bonds is 6. The van der Waals surface area contributed by atoms with Crippen molar-refractivity contribution in [2.45, 2.75) is 122 Å². The van der Waals surface area contributed by atoms with Crippen LogP contribution < -0.4 is 0 Å². The molecule has 0 aromatic carbocycles. The van der Waals surface area contributed by atoms with E-state index in [2.05, 4.69) is 41.5 Å². The first-order valence-corrected chi connectivity index (χ1v) is 15.9. The third-order valence-corrected chi connectivity index (χ3v) is 15.5. The van der Waals surface area contributed by atoms with Gasteiger partial charge in [0.2, 0.25) is 0 Å². The molecule has 1 heterocycles. The molecule has 5 fully saturated rings. The predicted octanol–water partition coefficient (Wildman–Crippen LogP) is 6.84. The van der Waals surface area contributed by atoms with Crippen molar-refractivity contribution in [2.24, 2.45) is 58.2 Å². The van der Waals surface area contributed by atoms with E-state index in [0.717, 1.165) is 48.9 Å². The van der Waals surface area contributed by atoms with Crippen molar-refractivity contribution in [3.05, 3.63) is 0 Å². The molecule has 0 aromatic heterocycles. The van der Waals surface area contributed by atoms with Crippen LogP contribution in [0.1, 0.15) is 112 Å². The van der Waals surface area contributed by atoms with Crippen LogP contribution in [0, 0.1) is 58.2 Å². The minimum atomic E-state index is -3.35. The maximum atomic E-state index is 12.9. The van der Waals surface area contributed by atoms with Crippen LogP contribution in [-0.2, 0) is 9.84 Å². The molecule has 4 saturated carbocycles. The van der Waals surface area contributed by atoms with E-state index in [4.69, 9.17) is 0 Å². The van der Waals surface area contributed by atoms with E-state index in [1.807, 2.05) is 0 Å². The average Bonchev–Trinajstić information content (AvgIpc) is 3.03. The molecule has 0 spiro atoms. The molecule has 5 aliphatic rings. The number of aliphatic hydroxyl groups is 1. The van der Waals surface area contributed by atoms with Crippen molar-refractivity contribution in [1.29, 1.82) is 0 Å². The lowest BCUT2D eigenvalue weighted by Crippen LogP contribution is -2.60. The molecule has 3 unspecified atom stereocenters. The van der Waals surface area contributed by atoms with E-state index >= 15 is 0 Å². The van der Waals surface area contributed by atoms with Gasteiger partial charge in [-0.15, -0.1) is 0 Å². The van der Waals surface area contributed by atoms with Crippen LogP contribution in [0.15, 0.2) is 0 Å². The standard InChI is InChI=1S/C29H50O3S/c1-7-20(18(2)3)9-8-19(4)23-13-14-24-22-12-10-21-11-15-26-29(30,33(26,31)32)28(21,6)25(22)16-17-27(23,24)5/h18-26,30H,7-17H2,1-6H3/t19-,20-,21?,22-,23-,24+,25+,26?,27-,28+,29?/m1/s1. The molecule has 11 atom stereocenters. The van der Waals surface area contributed by atoms with Gasteiger partial charge in [0, 0.05) is 5.41 Å². The van der Waals surface area contributed by atoms with Gasteiger partial charge in [0.05, 0.1) is 0 Å². The van der Waals surface area contributed by atoms with Crippen molar-refractivity contribution in [2.75, 3.05) is 0 Å². The first kappa shape index (κ1) is 24.6. The lowest BCUT2D eigenvalue weighted by molar-refractivity contribution is -0.163. The Morgan fingerprint density at radius 2 is 1.61 bits per heavy atom. The highest BCUT2D eigenvalue weighted by Gasteiger charge is 2.84. The van der Waals surface area contributed by atoms with Gasteiger partial charge in [-0.2, -0.15) is 0 Å². The number of fused-ring (bicyclic) bond motifs is 7. The first-order chi connectivity index (χ1) is 15.4. The largest absolute Gasteiger partial charge is 0.373 e. The van der Waals surface area contributed by atoms with Gasteiger partial charge in [0.1, 0.15) is 5.25 Å². The predicted molar refractivity (Wildman–Crippen MR) is 135 cm³/mol. The molecule has 1 N–H and O–H groups in total. The maximum absolute atomic E-state index is 12.9. The molecule has 0 radical (unpaired) electrons. The van der Waals surface area contributed by atoms with Gasteiger partial charge in [-0.25, -0.2) is 8.42 Å². The minimum Gasteiger partial charge on any atom is -0.373 e. The van der Waals surface area contributed by atoms with E-state index in [-0.39, 0.29) is 0 Å². The topological polar surface area (TPSA) is 54.4 Å². The number of sulfone groups is 1. The third kappa shape index (κ3) is 3.10. The zero-order chi connectivity index (χ0) is 24.0. The highest BCUT2D eigenvalue weighted by molar-refractivity contribution is 8.00. The number of hydrogen-bond acceptors (Lipinski definition) is 3. The van der Waals surface area contributed by atoms with Gasteiger partial charge in [-0.1, -0.05) is 54.4 Å². The second-order valence-corrected chi connectivity index (χ2v) is 16.2. The molecule has 0 amide bonds. The summed E-state index contributed by atoms with van der Waals surface area (Å²) in [6.07, 6.45) is 13.1. The van der Waals surface area contributed by atoms with Crippen molar-refractivity contribution >= 4 is 9.84 Å². The summed E-state index contributed by atoms with van der Waals surface area (Å²) in [5.74, 6) is 5.33. The molecule has 4 heteroatoms. The van der Waals surface area contributed by atoms with Crippen LogP contribution in [0.25, 0.3) is 0 Å². The van der Waals surface area contributed by atoms with Crippen molar-refractivity contribution < 1.29 is 13.5 Å². The van der Waals surface area contributed by atoms with Gasteiger partial charge >= 0.3 is 0 Å². The Labute approximate surface area is 203 Å². The highest BCUT2D eigenvalue weighted by atomic mass is 32.2. The summed E-state index contributed by atoms with van der Waals surface area (Å²) in [4.78, 5) is -1.42. The normalized spacial score (nSPS) is 51.8. The molecule has 33 heavy (non-hydrogen) atoms. The molecular weight excluding hydrogens is 428 g/mol. The molecule has 4 aliphatic carbocycles. The van der Waals surface area contributed by atoms with Gasteiger partial charge < -0.3 is 5.11 Å². The Bertz CT molecular complexity index is 866. The van der Waals surface area contributed by atoms with Crippen LogP contribution in [0.2, 0.25) is 0 Å². The van der Waals surface area contributed by atoms with E-state index in [1.165, 1.54) is 44.9 Å². The zero-order valence-electron chi connectivity index (χ0n) is 22.1. The Kier molecular flexibility index (Phi) is 5.93. The third-order valence-electron chi connectivity index (χ3n) is 12.9. The summed E-state index contributed by atoms with van der Waals surface area (Å²) in [5, 5.41) is 11.1. The van der Waals surface area contributed by atoms with Crippen molar-refractivity contribution in [3.8, 4) is 0 Å². The lowest BCUT2D eigenvalue weighted by atomic mass is 9.44. The molecule has 1 aliphatic heterocycles. The summed E-state index contributed by atoms with van der Waals surface area (Å²) >= 11 is 0. The van der Waals surface area contributed by atoms with E-state index in [0.29, 0.717) is 29.6 Å². The molecule has 0 bridgehead atoms. The lowest BCUT2D eigenvalue weighted by Gasteiger charge is -2.61. The van der Waals surface area contributed by atoms with Crippen molar-refractivity contribution in [3.63, 3.8) is 0 Å². The smallest absolute Gasteiger partial charge is 0.189 e. The van der Waals surface area contributed by atoms with E-state index < -0.39 is 25.4 Å². The molecule has 5 rings (SSSR count). The van der Waals surface area contributed by atoms with Gasteiger partial charge in [0.25, 0.3) is 0 Å². The summed E-state index contributed by atoms with van der Waals surface area (Å²) in [6.45, 7) is 14.4. The quantitative estimate of drug-likeness (QED) is 0.425. The fraction of sp³-hybridized carbons (Fsp3) is 1.00.